The maximum atomic E-state index is 12.5. The van der Waals surface area contributed by atoms with Crippen molar-refractivity contribution < 1.29 is 13.2 Å². The molecule has 6 heteroatoms. The molecule has 142 valence electrons. The van der Waals surface area contributed by atoms with Crippen LogP contribution in [-0.4, -0.2) is 19.6 Å². The highest BCUT2D eigenvalue weighted by Crippen LogP contribution is 2.44. The maximum absolute atomic E-state index is 12.5. The van der Waals surface area contributed by atoms with Gasteiger partial charge in [0.25, 0.3) is 5.91 Å². The lowest BCUT2D eigenvalue weighted by atomic mass is 9.73. The lowest BCUT2D eigenvalue weighted by Gasteiger charge is -2.41. The number of hydrogen-bond acceptors (Lipinski definition) is 4. The van der Waals surface area contributed by atoms with E-state index in [0.717, 1.165) is 17.7 Å². The normalized spacial score (nSPS) is 21.0. The third-order valence-corrected chi connectivity index (χ3v) is 7.24. The Hall–Kier alpha value is -2.34. The molecule has 1 amide bonds. The standard InChI is InChI=1S/C21H24N2O3S/c1-21(2)13-16-6-3-4-9-18(16)22-19(21)14-7-5-8-15(12-14)20(24)23-27(25,26)17-10-11-17/h3-9,12,17,19,22H,10-11,13H2,1-2H3,(H,23,24). The van der Waals surface area contributed by atoms with Gasteiger partial charge < -0.3 is 5.32 Å². The number of sulfonamides is 1. The van der Waals surface area contributed by atoms with Crippen molar-refractivity contribution in [1.82, 2.24) is 4.72 Å². The van der Waals surface area contributed by atoms with Crippen LogP contribution in [0.15, 0.2) is 48.5 Å². The van der Waals surface area contributed by atoms with Crippen LogP contribution >= 0.6 is 0 Å². The fraction of sp³-hybridized carbons (Fsp3) is 0.381. The molecule has 0 saturated heterocycles. The number of benzene rings is 2. The second kappa shape index (κ2) is 6.37. The Balaban J connectivity index is 1.61. The lowest BCUT2D eigenvalue weighted by Crippen LogP contribution is -2.35. The minimum atomic E-state index is -3.55. The molecule has 1 unspecified atom stereocenters. The van der Waals surface area contributed by atoms with Crippen molar-refractivity contribution >= 4 is 21.6 Å². The number of anilines is 1. The van der Waals surface area contributed by atoms with E-state index in [0.29, 0.717) is 18.4 Å². The number of amides is 1. The van der Waals surface area contributed by atoms with Gasteiger partial charge >= 0.3 is 0 Å². The minimum Gasteiger partial charge on any atom is -0.377 e. The van der Waals surface area contributed by atoms with Gasteiger partial charge in [0, 0.05) is 11.3 Å². The molecule has 1 aliphatic heterocycles. The summed E-state index contributed by atoms with van der Waals surface area (Å²) in [6.45, 7) is 4.40. The van der Waals surface area contributed by atoms with E-state index in [4.69, 9.17) is 0 Å². The van der Waals surface area contributed by atoms with Gasteiger partial charge in [0.15, 0.2) is 0 Å². The molecular formula is C21H24N2O3S. The first kappa shape index (κ1) is 18.0. The highest BCUT2D eigenvalue weighted by atomic mass is 32.2. The van der Waals surface area contributed by atoms with Crippen LogP contribution in [0.3, 0.4) is 0 Å². The second-order valence-corrected chi connectivity index (χ2v) is 10.2. The molecule has 0 aromatic heterocycles. The molecule has 0 spiro atoms. The molecule has 1 heterocycles. The Morgan fingerprint density at radius 2 is 1.85 bits per heavy atom. The number of rotatable bonds is 4. The molecule has 1 aliphatic carbocycles. The fourth-order valence-electron chi connectivity index (χ4n) is 3.80. The van der Waals surface area contributed by atoms with E-state index in [1.54, 1.807) is 12.1 Å². The fourth-order valence-corrected chi connectivity index (χ4v) is 5.10. The van der Waals surface area contributed by atoms with Crippen LogP contribution in [0.25, 0.3) is 0 Å². The number of carbonyl (C=O) groups excluding carboxylic acids is 1. The molecular weight excluding hydrogens is 360 g/mol. The molecule has 27 heavy (non-hydrogen) atoms. The quantitative estimate of drug-likeness (QED) is 0.844. The van der Waals surface area contributed by atoms with Gasteiger partial charge in [-0.3, -0.25) is 4.79 Å². The summed E-state index contributed by atoms with van der Waals surface area (Å²) >= 11 is 0. The zero-order valence-electron chi connectivity index (χ0n) is 15.5. The molecule has 1 fully saturated rings. The number of hydrogen-bond donors (Lipinski definition) is 2. The molecule has 0 bridgehead atoms. The van der Waals surface area contributed by atoms with Crippen LogP contribution in [0.5, 0.6) is 0 Å². The molecule has 2 aromatic rings. The van der Waals surface area contributed by atoms with E-state index in [1.807, 2.05) is 24.3 Å². The van der Waals surface area contributed by atoms with Gasteiger partial charge in [0.05, 0.1) is 11.3 Å². The van der Waals surface area contributed by atoms with E-state index in [2.05, 4.69) is 36.0 Å². The Labute approximate surface area is 160 Å². The third kappa shape index (κ3) is 3.58. The maximum Gasteiger partial charge on any atom is 0.264 e. The zero-order chi connectivity index (χ0) is 19.2. The van der Waals surface area contributed by atoms with E-state index in [1.165, 1.54) is 5.56 Å². The summed E-state index contributed by atoms with van der Waals surface area (Å²) in [6.07, 6.45) is 2.18. The lowest BCUT2D eigenvalue weighted by molar-refractivity contribution is 0.0981. The summed E-state index contributed by atoms with van der Waals surface area (Å²) in [6, 6.07) is 15.5. The Bertz CT molecular complexity index is 994. The highest BCUT2D eigenvalue weighted by Gasteiger charge is 2.38. The first-order valence-corrected chi connectivity index (χ1v) is 10.8. The molecule has 2 N–H and O–H groups in total. The highest BCUT2D eigenvalue weighted by molar-refractivity contribution is 7.91. The van der Waals surface area contributed by atoms with Crippen LogP contribution < -0.4 is 10.0 Å². The monoisotopic (exact) mass is 384 g/mol. The van der Waals surface area contributed by atoms with Gasteiger partial charge in [0.2, 0.25) is 10.0 Å². The first-order valence-electron chi connectivity index (χ1n) is 9.27. The third-order valence-electron chi connectivity index (χ3n) is 5.43. The second-order valence-electron chi connectivity index (χ2n) is 8.20. The van der Waals surface area contributed by atoms with E-state index in [-0.39, 0.29) is 11.5 Å². The largest absolute Gasteiger partial charge is 0.377 e. The van der Waals surface area contributed by atoms with Crippen molar-refractivity contribution in [1.29, 1.82) is 0 Å². The van der Waals surface area contributed by atoms with Gasteiger partial charge in [0.1, 0.15) is 0 Å². The number of fused-ring (bicyclic) bond motifs is 1. The SMILES string of the molecule is CC1(C)Cc2ccccc2NC1c1cccc(C(=O)NS(=O)(=O)C2CC2)c1. The smallest absolute Gasteiger partial charge is 0.264 e. The Kier molecular flexibility index (Phi) is 4.26. The molecule has 5 nitrogen and oxygen atoms in total. The molecule has 1 atom stereocenters. The summed E-state index contributed by atoms with van der Waals surface area (Å²) in [5.41, 5.74) is 3.68. The van der Waals surface area contributed by atoms with Crippen LogP contribution in [0.4, 0.5) is 5.69 Å². The number of carbonyl (C=O) groups is 1. The van der Waals surface area contributed by atoms with Crippen molar-refractivity contribution in [3.8, 4) is 0 Å². The summed E-state index contributed by atoms with van der Waals surface area (Å²) < 4.78 is 26.3. The predicted molar refractivity (Wildman–Crippen MR) is 106 cm³/mol. The van der Waals surface area contributed by atoms with Crippen molar-refractivity contribution in [2.24, 2.45) is 5.41 Å². The minimum absolute atomic E-state index is 0.0280. The average molecular weight is 385 g/mol. The van der Waals surface area contributed by atoms with Crippen LogP contribution in [0.1, 0.15) is 54.2 Å². The van der Waals surface area contributed by atoms with Gasteiger partial charge in [-0.15, -0.1) is 0 Å². The zero-order valence-corrected chi connectivity index (χ0v) is 16.3. The van der Waals surface area contributed by atoms with Crippen LogP contribution in [0.2, 0.25) is 0 Å². The molecule has 1 saturated carbocycles. The number of nitrogens with one attached hydrogen (secondary N) is 2. The van der Waals surface area contributed by atoms with Crippen molar-refractivity contribution in [2.45, 2.75) is 44.4 Å². The van der Waals surface area contributed by atoms with Gasteiger partial charge in [-0.25, -0.2) is 13.1 Å². The average Bonchev–Trinajstić information content (AvgIpc) is 3.46. The summed E-state index contributed by atoms with van der Waals surface area (Å²) in [7, 11) is -3.55. The van der Waals surface area contributed by atoms with Crippen LogP contribution in [0, 0.1) is 5.41 Å². The van der Waals surface area contributed by atoms with E-state index in [9.17, 15) is 13.2 Å². The molecule has 2 aliphatic rings. The molecule has 4 rings (SSSR count). The first-order chi connectivity index (χ1) is 12.8. The van der Waals surface area contributed by atoms with Crippen molar-refractivity contribution in [3.63, 3.8) is 0 Å². The van der Waals surface area contributed by atoms with Gasteiger partial charge in [-0.2, -0.15) is 0 Å². The summed E-state index contributed by atoms with van der Waals surface area (Å²) in [5, 5.41) is 3.18. The topological polar surface area (TPSA) is 75.3 Å². The van der Waals surface area contributed by atoms with E-state index >= 15 is 0 Å². The summed E-state index contributed by atoms with van der Waals surface area (Å²) in [4.78, 5) is 12.5. The summed E-state index contributed by atoms with van der Waals surface area (Å²) in [5.74, 6) is -0.558. The van der Waals surface area contributed by atoms with Crippen molar-refractivity contribution in [2.75, 3.05) is 5.32 Å². The Morgan fingerprint density at radius 1 is 1.11 bits per heavy atom. The van der Waals surface area contributed by atoms with Gasteiger partial charge in [-0.05, 0) is 54.0 Å². The predicted octanol–water partition coefficient (Wildman–Crippen LogP) is 3.64. The number of para-hydroxylation sites is 1. The van der Waals surface area contributed by atoms with Crippen molar-refractivity contribution in [3.05, 3.63) is 65.2 Å². The van der Waals surface area contributed by atoms with Crippen LogP contribution in [-0.2, 0) is 16.4 Å². The molecule has 2 aromatic carbocycles. The van der Waals surface area contributed by atoms with E-state index < -0.39 is 21.2 Å². The molecule has 0 radical (unpaired) electrons. The Morgan fingerprint density at radius 3 is 2.59 bits per heavy atom. The van der Waals surface area contributed by atoms with Gasteiger partial charge in [-0.1, -0.05) is 44.2 Å².